The molecule has 4 nitrogen and oxygen atoms in total. The van der Waals surface area contributed by atoms with Gasteiger partial charge in [0.05, 0.1) is 5.69 Å². The van der Waals surface area contributed by atoms with E-state index in [0.717, 1.165) is 5.39 Å². The zero-order valence-corrected chi connectivity index (χ0v) is 6.74. The Balaban J connectivity index is 2.89. The van der Waals surface area contributed by atoms with Gasteiger partial charge in [0, 0.05) is 10.9 Å². The molecule has 0 saturated heterocycles. The van der Waals surface area contributed by atoms with Crippen LogP contribution in [0.15, 0.2) is 29.1 Å². The number of aromatic nitrogens is 1. The smallest absolute Gasteiger partial charge is 0.271 e. The van der Waals surface area contributed by atoms with Crippen LogP contribution in [0.1, 0.15) is 0 Å². The molecule has 0 unspecified atom stereocenters. The van der Waals surface area contributed by atoms with Gasteiger partial charge in [0.25, 0.3) is 5.56 Å². The Labute approximate surface area is 73.6 Å². The standard InChI is InChI=1S/C9H8N2O2/c10-7-4-5-3-6(12)1-2-8(5)11-9(7)13/h1-4,12H,10H2,(H,11,13). The van der Waals surface area contributed by atoms with E-state index in [0.29, 0.717) is 5.52 Å². The van der Waals surface area contributed by atoms with Gasteiger partial charge in [-0.1, -0.05) is 0 Å². The largest absolute Gasteiger partial charge is 0.508 e. The predicted molar refractivity (Wildman–Crippen MR) is 50.6 cm³/mol. The van der Waals surface area contributed by atoms with Crippen LogP contribution in [0.4, 0.5) is 5.69 Å². The Kier molecular flexibility index (Phi) is 1.48. The SMILES string of the molecule is Nc1cc2cc(O)ccc2[nH]c1=O. The number of aromatic hydroxyl groups is 1. The van der Waals surface area contributed by atoms with Crippen LogP contribution in [0, 0.1) is 0 Å². The number of benzene rings is 1. The van der Waals surface area contributed by atoms with E-state index in [1.165, 1.54) is 12.1 Å². The monoisotopic (exact) mass is 176 g/mol. The molecule has 4 heteroatoms. The van der Waals surface area contributed by atoms with Gasteiger partial charge in [-0.3, -0.25) is 4.79 Å². The average molecular weight is 176 g/mol. The first-order valence-electron chi connectivity index (χ1n) is 3.78. The zero-order chi connectivity index (χ0) is 9.42. The zero-order valence-electron chi connectivity index (χ0n) is 6.74. The topological polar surface area (TPSA) is 79.1 Å². The second-order valence-corrected chi connectivity index (χ2v) is 2.83. The van der Waals surface area contributed by atoms with Crippen LogP contribution in [-0.4, -0.2) is 10.1 Å². The van der Waals surface area contributed by atoms with Crippen molar-refractivity contribution in [2.75, 3.05) is 5.73 Å². The Bertz CT molecular complexity index is 516. The summed E-state index contributed by atoms with van der Waals surface area (Å²) in [4.78, 5) is 13.7. The van der Waals surface area contributed by atoms with Crippen LogP contribution >= 0.6 is 0 Å². The fourth-order valence-electron chi connectivity index (χ4n) is 1.21. The fourth-order valence-corrected chi connectivity index (χ4v) is 1.21. The lowest BCUT2D eigenvalue weighted by Gasteiger charge is -1.99. The second kappa shape index (κ2) is 2.52. The number of anilines is 1. The summed E-state index contributed by atoms with van der Waals surface area (Å²) in [7, 11) is 0. The third-order valence-electron chi connectivity index (χ3n) is 1.86. The summed E-state index contributed by atoms with van der Waals surface area (Å²) in [6, 6.07) is 6.22. The first kappa shape index (κ1) is 7.67. The van der Waals surface area contributed by atoms with E-state index in [-0.39, 0.29) is 17.0 Å². The molecule has 0 aliphatic carbocycles. The van der Waals surface area contributed by atoms with E-state index in [1.54, 1.807) is 12.1 Å². The molecular weight excluding hydrogens is 168 g/mol. The minimum atomic E-state index is -0.307. The minimum absolute atomic E-state index is 0.151. The number of hydrogen-bond donors (Lipinski definition) is 3. The highest BCUT2D eigenvalue weighted by Gasteiger charge is 1.99. The Hall–Kier alpha value is -1.97. The molecule has 2 aromatic rings. The Morgan fingerprint density at radius 1 is 1.31 bits per heavy atom. The molecule has 0 bridgehead atoms. The van der Waals surface area contributed by atoms with Gasteiger partial charge in [0.1, 0.15) is 5.75 Å². The van der Waals surface area contributed by atoms with Gasteiger partial charge in [0.15, 0.2) is 0 Å². The molecule has 0 radical (unpaired) electrons. The third kappa shape index (κ3) is 1.22. The molecule has 1 heterocycles. The van der Waals surface area contributed by atoms with Crippen molar-refractivity contribution in [3.05, 3.63) is 34.6 Å². The van der Waals surface area contributed by atoms with Gasteiger partial charge in [-0.2, -0.15) is 0 Å². The normalized spacial score (nSPS) is 10.5. The minimum Gasteiger partial charge on any atom is -0.508 e. The summed E-state index contributed by atoms with van der Waals surface area (Å²) in [6.07, 6.45) is 0. The molecule has 0 atom stereocenters. The summed E-state index contributed by atoms with van der Waals surface area (Å²) in [5.74, 6) is 0.152. The van der Waals surface area contributed by atoms with Gasteiger partial charge in [-0.05, 0) is 24.3 Å². The van der Waals surface area contributed by atoms with E-state index in [4.69, 9.17) is 10.8 Å². The van der Waals surface area contributed by atoms with Gasteiger partial charge >= 0.3 is 0 Å². The van der Waals surface area contributed by atoms with E-state index in [9.17, 15) is 4.79 Å². The van der Waals surface area contributed by atoms with E-state index < -0.39 is 0 Å². The molecule has 0 amide bonds. The molecule has 0 fully saturated rings. The number of nitrogens with one attached hydrogen (secondary N) is 1. The van der Waals surface area contributed by atoms with E-state index >= 15 is 0 Å². The fraction of sp³-hybridized carbons (Fsp3) is 0. The van der Waals surface area contributed by atoms with Gasteiger partial charge in [0.2, 0.25) is 0 Å². The van der Waals surface area contributed by atoms with E-state index in [1.807, 2.05) is 0 Å². The van der Waals surface area contributed by atoms with Crippen LogP contribution in [0.5, 0.6) is 5.75 Å². The highest BCUT2D eigenvalue weighted by atomic mass is 16.3. The number of phenolic OH excluding ortho intramolecular Hbond substituents is 1. The molecule has 1 aromatic heterocycles. The highest BCUT2D eigenvalue weighted by Crippen LogP contribution is 2.17. The number of pyridine rings is 1. The van der Waals surface area contributed by atoms with E-state index in [2.05, 4.69) is 4.98 Å². The molecule has 13 heavy (non-hydrogen) atoms. The summed E-state index contributed by atoms with van der Waals surface area (Å²) >= 11 is 0. The number of aromatic amines is 1. The van der Waals surface area contributed by atoms with Crippen LogP contribution in [0.3, 0.4) is 0 Å². The molecule has 0 spiro atoms. The van der Waals surface area contributed by atoms with Crippen molar-refractivity contribution in [1.29, 1.82) is 0 Å². The van der Waals surface area contributed by atoms with Crippen molar-refractivity contribution >= 4 is 16.6 Å². The lowest BCUT2D eigenvalue weighted by atomic mass is 10.2. The molecule has 0 saturated carbocycles. The van der Waals surface area contributed by atoms with Crippen molar-refractivity contribution in [3.8, 4) is 5.75 Å². The molecular formula is C9H8N2O2. The highest BCUT2D eigenvalue weighted by molar-refractivity contribution is 5.82. The van der Waals surface area contributed by atoms with Crippen LogP contribution < -0.4 is 11.3 Å². The van der Waals surface area contributed by atoms with Gasteiger partial charge < -0.3 is 15.8 Å². The maximum atomic E-state index is 11.1. The summed E-state index contributed by atoms with van der Waals surface area (Å²) < 4.78 is 0. The second-order valence-electron chi connectivity index (χ2n) is 2.83. The number of nitrogens with two attached hydrogens (primary N) is 1. The van der Waals surface area contributed by atoms with Crippen LogP contribution in [-0.2, 0) is 0 Å². The summed E-state index contributed by atoms with van der Waals surface area (Å²) in [5, 5.41) is 9.88. The summed E-state index contributed by atoms with van der Waals surface area (Å²) in [5.41, 5.74) is 5.92. The van der Waals surface area contributed by atoms with Crippen molar-refractivity contribution in [2.45, 2.75) is 0 Å². The maximum absolute atomic E-state index is 11.1. The molecule has 0 aliphatic rings. The number of hydrogen-bond acceptors (Lipinski definition) is 3. The maximum Gasteiger partial charge on any atom is 0.271 e. The summed E-state index contributed by atoms with van der Waals surface area (Å²) in [6.45, 7) is 0. The molecule has 66 valence electrons. The quantitative estimate of drug-likeness (QED) is 0.555. The van der Waals surface area contributed by atoms with Gasteiger partial charge in [-0.25, -0.2) is 0 Å². The molecule has 1 aromatic carbocycles. The molecule has 4 N–H and O–H groups in total. The Morgan fingerprint density at radius 3 is 2.85 bits per heavy atom. The van der Waals surface area contributed by atoms with Gasteiger partial charge in [-0.15, -0.1) is 0 Å². The Morgan fingerprint density at radius 2 is 2.08 bits per heavy atom. The number of rotatable bonds is 0. The predicted octanol–water partition coefficient (Wildman–Crippen LogP) is 0.816. The van der Waals surface area contributed by atoms with Crippen molar-refractivity contribution in [1.82, 2.24) is 4.98 Å². The lowest BCUT2D eigenvalue weighted by molar-refractivity contribution is 0.476. The van der Waals surface area contributed by atoms with Crippen LogP contribution in [0.25, 0.3) is 10.9 Å². The number of H-pyrrole nitrogens is 1. The van der Waals surface area contributed by atoms with Crippen molar-refractivity contribution in [3.63, 3.8) is 0 Å². The number of fused-ring (bicyclic) bond motifs is 1. The average Bonchev–Trinajstić information content (AvgIpc) is 2.08. The van der Waals surface area contributed by atoms with Crippen molar-refractivity contribution in [2.24, 2.45) is 0 Å². The molecule has 0 aliphatic heterocycles. The first-order chi connectivity index (χ1) is 6.16. The van der Waals surface area contributed by atoms with Crippen molar-refractivity contribution < 1.29 is 5.11 Å². The first-order valence-corrected chi connectivity index (χ1v) is 3.78. The third-order valence-corrected chi connectivity index (χ3v) is 1.86. The number of nitrogen functional groups attached to an aromatic ring is 1. The molecule has 2 rings (SSSR count). The van der Waals surface area contributed by atoms with Crippen LogP contribution in [0.2, 0.25) is 0 Å². The number of phenols is 1. The lowest BCUT2D eigenvalue weighted by Crippen LogP contribution is -2.10.